The maximum Gasteiger partial charge on any atom is 0.333 e. The fourth-order valence-corrected chi connectivity index (χ4v) is 1.52. The molecule has 0 radical (unpaired) electrons. The molecule has 2 aromatic heterocycles. The molecule has 0 aliphatic heterocycles. The molecule has 5 nitrogen and oxygen atoms in total. The lowest BCUT2D eigenvalue weighted by atomic mass is 10.3. The predicted molar refractivity (Wildman–Crippen MR) is 66.0 cm³/mol. The van der Waals surface area contributed by atoms with Crippen molar-refractivity contribution in [2.24, 2.45) is 7.05 Å². The molecule has 0 amide bonds. The zero-order chi connectivity index (χ0) is 12.4. The number of nitrogens with one attached hydrogen (secondary N) is 1. The molecule has 0 atom stereocenters. The fraction of sp³-hybridized carbons (Fsp3) is 0.400. The van der Waals surface area contributed by atoms with Gasteiger partial charge in [-0.1, -0.05) is 0 Å². The van der Waals surface area contributed by atoms with Crippen LogP contribution in [-0.2, 0) is 13.6 Å². The normalized spacial score (nSPS) is 10.5. The van der Waals surface area contributed by atoms with Gasteiger partial charge in [-0.05, 0) is 6.92 Å². The van der Waals surface area contributed by atoms with E-state index < -0.39 is 6.55 Å². The van der Waals surface area contributed by atoms with Crippen LogP contribution in [0.5, 0.6) is 0 Å². The second kappa shape index (κ2) is 5.81. The van der Waals surface area contributed by atoms with Crippen molar-refractivity contribution in [1.29, 1.82) is 0 Å². The van der Waals surface area contributed by atoms with Gasteiger partial charge < -0.3 is 5.32 Å². The molecule has 0 fully saturated rings. The van der Waals surface area contributed by atoms with Gasteiger partial charge in [0.1, 0.15) is 0 Å². The molecule has 100 valence electrons. The Morgan fingerprint density at radius 2 is 2.11 bits per heavy atom. The van der Waals surface area contributed by atoms with Gasteiger partial charge in [-0.2, -0.15) is 19.0 Å². The standard InChI is InChI=1S/C10H13F2N5.ClH/c1-7-9(6-17(15-7)10(11)12)13-3-8-4-14-16(2)5-8;/h4-6,10,13H,3H2,1-2H3;1H. The second-order valence-electron chi connectivity index (χ2n) is 3.76. The highest BCUT2D eigenvalue weighted by atomic mass is 35.5. The van der Waals surface area contributed by atoms with Gasteiger partial charge in [-0.25, -0.2) is 4.68 Å². The molecule has 2 heterocycles. The maximum absolute atomic E-state index is 12.4. The van der Waals surface area contributed by atoms with Crippen LogP contribution in [0.15, 0.2) is 18.6 Å². The Morgan fingerprint density at radius 1 is 1.39 bits per heavy atom. The molecule has 0 bridgehead atoms. The van der Waals surface area contributed by atoms with Crippen molar-refractivity contribution in [2.45, 2.75) is 20.0 Å². The summed E-state index contributed by atoms with van der Waals surface area (Å²) in [5.74, 6) is 0. The van der Waals surface area contributed by atoms with E-state index in [1.807, 2.05) is 13.2 Å². The number of aromatic nitrogens is 4. The fourth-order valence-electron chi connectivity index (χ4n) is 1.52. The first-order chi connectivity index (χ1) is 8.06. The van der Waals surface area contributed by atoms with Gasteiger partial charge in [0.05, 0.1) is 23.8 Å². The van der Waals surface area contributed by atoms with Gasteiger partial charge in [-0.15, -0.1) is 12.4 Å². The highest BCUT2D eigenvalue weighted by Gasteiger charge is 2.11. The number of anilines is 1. The van der Waals surface area contributed by atoms with E-state index in [-0.39, 0.29) is 12.4 Å². The van der Waals surface area contributed by atoms with Crippen molar-refractivity contribution in [3.8, 4) is 0 Å². The number of hydrogen-bond donors (Lipinski definition) is 1. The summed E-state index contributed by atoms with van der Waals surface area (Å²) in [4.78, 5) is 0. The first kappa shape index (κ1) is 14.4. The van der Waals surface area contributed by atoms with E-state index in [2.05, 4.69) is 15.5 Å². The summed E-state index contributed by atoms with van der Waals surface area (Å²) in [5, 5.41) is 10.8. The van der Waals surface area contributed by atoms with Crippen LogP contribution < -0.4 is 5.32 Å². The lowest BCUT2D eigenvalue weighted by molar-refractivity contribution is 0.0563. The molecule has 0 saturated heterocycles. The van der Waals surface area contributed by atoms with Gasteiger partial charge in [-0.3, -0.25) is 4.68 Å². The monoisotopic (exact) mass is 277 g/mol. The largest absolute Gasteiger partial charge is 0.378 e. The minimum absolute atomic E-state index is 0. The van der Waals surface area contributed by atoms with E-state index in [0.717, 1.165) is 5.56 Å². The third-order valence-electron chi connectivity index (χ3n) is 2.36. The van der Waals surface area contributed by atoms with Crippen molar-refractivity contribution >= 4 is 18.1 Å². The highest BCUT2D eigenvalue weighted by Crippen LogP contribution is 2.18. The lowest BCUT2D eigenvalue weighted by Gasteiger charge is -2.01. The molecule has 18 heavy (non-hydrogen) atoms. The van der Waals surface area contributed by atoms with Gasteiger partial charge >= 0.3 is 6.55 Å². The molecule has 0 saturated carbocycles. The van der Waals surface area contributed by atoms with E-state index in [0.29, 0.717) is 22.6 Å². The number of aryl methyl sites for hydroxylation is 2. The van der Waals surface area contributed by atoms with Crippen molar-refractivity contribution < 1.29 is 8.78 Å². The molecule has 0 aliphatic rings. The Kier molecular flexibility index (Phi) is 4.66. The number of halogens is 3. The van der Waals surface area contributed by atoms with Crippen LogP contribution in [-0.4, -0.2) is 19.6 Å². The Bertz CT molecular complexity index is 508. The summed E-state index contributed by atoms with van der Waals surface area (Å²) in [6.07, 6.45) is 4.89. The smallest absolute Gasteiger partial charge is 0.333 e. The molecule has 0 aromatic carbocycles. The molecular formula is C10H14ClF2N5. The second-order valence-corrected chi connectivity index (χ2v) is 3.76. The first-order valence-electron chi connectivity index (χ1n) is 5.11. The Hall–Kier alpha value is -1.63. The molecule has 1 N–H and O–H groups in total. The highest BCUT2D eigenvalue weighted by molar-refractivity contribution is 5.85. The summed E-state index contributed by atoms with van der Waals surface area (Å²) in [6, 6.07) is 0. The van der Waals surface area contributed by atoms with Crippen molar-refractivity contribution in [3.05, 3.63) is 29.8 Å². The molecule has 2 rings (SSSR count). The minimum Gasteiger partial charge on any atom is -0.378 e. The number of alkyl halides is 2. The average molecular weight is 278 g/mol. The zero-order valence-electron chi connectivity index (χ0n) is 9.97. The van der Waals surface area contributed by atoms with Gasteiger partial charge in [0.2, 0.25) is 0 Å². The summed E-state index contributed by atoms with van der Waals surface area (Å²) < 4.78 is 27.1. The molecule has 0 spiro atoms. The van der Waals surface area contributed by atoms with Crippen LogP contribution in [0.1, 0.15) is 17.8 Å². The average Bonchev–Trinajstić information content (AvgIpc) is 2.82. The van der Waals surface area contributed by atoms with Crippen LogP contribution in [0, 0.1) is 6.92 Å². The molecule has 2 aromatic rings. The third-order valence-corrected chi connectivity index (χ3v) is 2.36. The van der Waals surface area contributed by atoms with Crippen molar-refractivity contribution in [2.75, 3.05) is 5.32 Å². The van der Waals surface area contributed by atoms with Gasteiger partial charge in [0, 0.05) is 25.4 Å². The van der Waals surface area contributed by atoms with Gasteiger partial charge in [0.15, 0.2) is 0 Å². The Balaban J connectivity index is 0.00000162. The van der Waals surface area contributed by atoms with E-state index in [4.69, 9.17) is 0 Å². The predicted octanol–water partition coefficient (Wildman–Crippen LogP) is 2.35. The topological polar surface area (TPSA) is 47.7 Å². The maximum atomic E-state index is 12.4. The number of hydrogen-bond acceptors (Lipinski definition) is 3. The van der Waals surface area contributed by atoms with E-state index >= 15 is 0 Å². The molecule has 8 heteroatoms. The number of rotatable bonds is 4. The Morgan fingerprint density at radius 3 is 2.61 bits per heavy atom. The molecule has 0 unspecified atom stereocenters. The van der Waals surface area contributed by atoms with E-state index in [9.17, 15) is 8.78 Å². The summed E-state index contributed by atoms with van der Waals surface area (Å²) >= 11 is 0. The van der Waals surface area contributed by atoms with Crippen LogP contribution in [0.2, 0.25) is 0 Å². The lowest BCUT2D eigenvalue weighted by Crippen LogP contribution is -1.99. The first-order valence-corrected chi connectivity index (χ1v) is 5.11. The van der Waals surface area contributed by atoms with Crippen molar-refractivity contribution in [1.82, 2.24) is 19.6 Å². The number of nitrogens with zero attached hydrogens (tertiary/aromatic N) is 4. The van der Waals surface area contributed by atoms with Crippen LogP contribution in [0.4, 0.5) is 14.5 Å². The third kappa shape index (κ3) is 3.19. The Labute approximate surface area is 109 Å². The van der Waals surface area contributed by atoms with Gasteiger partial charge in [0.25, 0.3) is 0 Å². The molecule has 0 aliphatic carbocycles. The SMILES string of the molecule is Cc1nn(C(F)F)cc1NCc1cnn(C)c1.Cl. The summed E-state index contributed by atoms with van der Waals surface area (Å²) in [6.45, 7) is -0.392. The van der Waals surface area contributed by atoms with Crippen LogP contribution >= 0.6 is 12.4 Å². The summed E-state index contributed by atoms with van der Waals surface area (Å²) in [7, 11) is 1.82. The molecular weight excluding hydrogens is 264 g/mol. The van der Waals surface area contributed by atoms with Crippen LogP contribution in [0.3, 0.4) is 0 Å². The minimum atomic E-state index is -2.61. The summed E-state index contributed by atoms with van der Waals surface area (Å²) in [5.41, 5.74) is 2.14. The zero-order valence-corrected chi connectivity index (χ0v) is 10.8. The van der Waals surface area contributed by atoms with E-state index in [1.165, 1.54) is 6.20 Å². The quantitative estimate of drug-likeness (QED) is 0.933. The van der Waals surface area contributed by atoms with Crippen LogP contribution in [0.25, 0.3) is 0 Å². The van der Waals surface area contributed by atoms with Crippen molar-refractivity contribution in [3.63, 3.8) is 0 Å². The van der Waals surface area contributed by atoms with E-state index in [1.54, 1.807) is 17.8 Å².